The molecule has 1 atom stereocenters. The summed E-state index contributed by atoms with van der Waals surface area (Å²) in [6.07, 6.45) is -1.23. The topological polar surface area (TPSA) is 102 Å². The average Bonchev–Trinajstić information content (AvgIpc) is 2.44. The number of ether oxygens (including phenoxy) is 1. The van der Waals surface area contributed by atoms with Gasteiger partial charge in [-0.3, -0.25) is 14.9 Å². The van der Waals surface area contributed by atoms with Gasteiger partial charge in [-0.05, 0) is 20.8 Å². The van der Waals surface area contributed by atoms with Crippen LogP contribution in [0.3, 0.4) is 0 Å². The van der Waals surface area contributed by atoms with Crippen LogP contribution in [0.1, 0.15) is 27.2 Å². The lowest BCUT2D eigenvalue weighted by atomic mass is 10.1. The molecule has 0 radical (unpaired) electrons. The van der Waals surface area contributed by atoms with Crippen molar-refractivity contribution in [1.29, 1.82) is 0 Å². The van der Waals surface area contributed by atoms with E-state index < -0.39 is 17.7 Å². The van der Waals surface area contributed by atoms with Crippen LogP contribution in [0, 0.1) is 0 Å². The molecular weight excluding hydrogens is 290 g/mol. The van der Waals surface area contributed by atoms with Crippen LogP contribution in [0.5, 0.6) is 0 Å². The van der Waals surface area contributed by atoms with E-state index in [1.165, 1.54) is 5.48 Å². The van der Waals surface area contributed by atoms with Crippen molar-refractivity contribution in [3.8, 4) is 0 Å². The van der Waals surface area contributed by atoms with Crippen molar-refractivity contribution in [2.24, 2.45) is 0 Å². The summed E-state index contributed by atoms with van der Waals surface area (Å²) in [5.41, 5.74) is 1.03. The Hall–Kier alpha value is -1.64. The second-order valence-electron chi connectivity index (χ2n) is 6.23. The van der Waals surface area contributed by atoms with Crippen molar-refractivity contribution in [3.05, 3.63) is 12.2 Å². The summed E-state index contributed by atoms with van der Waals surface area (Å²) in [6, 6.07) is 0. The minimum Gasteiger partial charge on any atom is -0.444 e. The van der Waals surface area contributed by atoms with E-state index in [0.717, 1.165) is 0 Å². The van der Waals surface area contributed by atoms with E-state index in [9.17, 15) is 14.7 Å². The lowest BCUT2D eigenvalue weighted by Gasteiger charge is -2.37. The molecule has 0 aromatic heterocycles. The minimum absolute atomic E-state index is 0.0266. The van der Waals surface area contributed by atoms with Crippen molar-refractivity contribution in [2.45, 2.75) is 39.0 Å². The standard InChI is InChI=1S/C14H25N3O5/c1-10(12(19)15-21)9-11(18)16-5-7-17(8-6-16)13(20)22-14(2,3)4/h11,18,21H,1,5-9H2,2-4H3,(H,15,19). The van der Waals surface area contributed by atoms with Gasteiger partial charge in [0.2, 0.25) is 0 Å². The molecule has 1 fully saturated rings. The van der Waals surface area contributed by atoms with Crippen molar-refractivity contribution < 1.29 is 24.6 Å². The van der Waals surface area contributed by atoms with Gasteiger partial charge in [0, 0.05) is 38.2 Å². The molecule has 0 spiro atoms. The van der Waals surface area contributed by atoms with E-state index in [2.05, 4.69) is 6.58 Å². The number of nitrogens with one attached hydrogen (secondary N) is 1. The number of hydrogen-bond acceptors (Lipinski definition) is 6. The Morgan fingerprint density at radius 2 is 1.82 bits per heavy atom. The molecule has 8 nitrogen and oxygen atoms in total. The third kappa shape index (κ3) is 5.63. The highest BCUT2D eigenvalue weighted by Crippen LogP contribution is 2.14. The van der Waals surface area contributed by atoms with Gasteiger partial charge in [-0.2, -0.15) is 0 Å². The van der Waals surface area contributed by atoms with Crippen LogP contribution >= 0.6 is 0 Å². The maximum atomic E-state index is 11.9. The lowest BCUT2D eigenvalue weighted by molar-refractivity contribution is -0.126. The number of carbonyl (C=O) groups excluding carboxylic acids is 2. The largest absolute Gasteiger partial charge is 0.444 e. The van der Waals surface area contributed by atoms with E-state index in [0.29, 0.717) is 26.2 Å². The molecule has 2 amide bonds. The van der Waals surface area contributed by atoms with Gasteiger partial charge in [0.15, 0.2) is 0 Å². The number of nitrogens with zero attached hydrogens (tertiary/aromatic N) is 2. The molecule has 0 aromatic carbocycles. The molecule has 1 unspecified atom stereocenters. The quantitative estimate of drug-likeness (QED) is 0.392. The van der Waals surface area contributed by atoms with Crippen LogP contribution in [0.4, 0.5) is 4.79 Å². The van der Waals surface area contributed by atoms with Gasteiger partial charge < -0.3 is 14.7 Å². The van der Waals surface area contributed by atoms with Crippen molar-refractivity contribution in [2.75, 3.05) is 26.2 Å². The monoisotopic (exact) mass is 315 g/mol. The van der Waals surface area contributed by atoms with E-state index >= 15 is 0 Å². The van der Waals surface area contributed by atoms with Gasteiger partial charge in [-0.25, -0.2) is 10.3 Å². The third-order valence-electron chi connectivity index (χ3n) is 3.24. The molecule has 0 aromatic rings. The predicted octanol–water partition coefficient (Wildman–Crippen LogP) is 0.309. The number of hydrogen-bond donors (Lipinski definition) is 3. The molecule has 8 heteroatoms. The first kappa shape index (κ1) is 18.4. The highest BCUT2D eigenvalue weighted by Gasteiger charge is 2.28. The number of hydroxylamine groups is 1. The molecule has 126 valence electrons. The summed E-state index contributed by atoms with van der Waals surface area (Å²) < 4.78 is 5.29. The number of carbonyl (C=O) groups is 2. The molecule has 1 rings (SSSR count). The summed E-state index contributed by atoms with van der Waals surface area (Å²) >= 11 is 0. The molecule has 1 aliphatic rings. The number of aliphatic hydroxyl groups excluding tert-OH is 1. The second kappa shape index (κ2) is 7.57. The first-order valence-electron chi connectivity index (χ1n) is 7.16. The summed E-state index contributed by atoms with van der Waals surface area (Å²) in [4.78, 5) is 26.4. The minimum atomic E-state index is -0.884. The molecule has 1 heterocycles. The molecule has 3 N–H and O–H groups in total. The summed E-state index contributed by atoms with van der Waals surface area (Å²) in [5, 5.41) is 18.6. The fourth-order valence-electron chi connectivity index (χ4n) is 2.05. The SMILES string of the molecule is C=C(CC(O)N1CCN(C(=O)OC(C)(C)C)CC1)C(=O)NO. The Balaban J connectivity index is 2.43. The smallest absolute Gasteiger partial charge is 0.410 e. The van der Waals surface area contributed by atoms with Gasteiger partial charge >= 0.3 is 6.09 Å². The van der Waals surface area contributed by atoms with Gasteiger partial charge in [0.1, 0.15) is 11.8 Å². The Bertz CT molecular complexity index is 425. The zero-order chi connectivity index (χ0) is 16.9. The highest BCUT2D eigenvalue weighted by molar-refractivity contribution is 5.91. The molecule has 1 saturated heterocycles. The van der Waals surface area contributed by atoms with Gasteiger partial charge in [-0.1, -0.05) is 6.58 Å². The van der Waals surface area contributed by atoms with E-state index in [4.69, 9.17) is 9.94 Å². The molecule has 0 aliphatic carbocycles. The van der Waals surface area contributed by atoms with E-state index in [1.54, 1.807) is 9.80 Å². The van der Waals surface area contributed by atoms with Gasteiger partial charge in [0.25, 0.3) is 5.91 Å². The summed E-state index contributed by atoms with van der Waals surface area (Å²) in [5.74, 6) is -0.716. The molecular formula is C14H25N3O5. The zero-order valence-electron chi connectivity index (χ0n) is 13.3. The summed E-state index contributed by atoms with van der Waals surface area (Å²) in [7, 11) is 0. The fraction of sp³-hybridized carbons (Fsp3) is 0.714. The first-order chi connectivity index (χ1) is 10.1. The molecule has 0 saturated carbocycles. The molecule has 0 bridgehead atoms. The maximum Gasteiger partial charge on any atom is 0.410 e. The van der Waals surface area contributed by atoms with Crippen LogP contribution in [-0.2, 0) is 9.53 Å². The van der Waals surface area contributed by atoms with Crippen LogP contribution in [0.15, 0.2) is 12.2 Å². The number of rotatable bonds is 4. The Morgan fingerprint density at radius 1 is 1.27 bits per heavy atom. The number of aliphatic hydroxyl groups is 1. The third-order valence-corrected chi connectivity index (χ3v) is 3.24. The highest BCUT2D eigenvalue weighted by atomic mass is 16.6. The number of amides is 2. The van der Waals surface area contributed by atoms with E-state index in [-0.39, 0.29) is 18.1 Å². The lowest BCUT2D eigenvalue weighted by Crippen LogP contribution is -2.53. The van der Waals surface area contributed by atoms with Crippen LogP contribution in [0.2, 0.25) is 0 Å². The normalized spacial score (nSPS) is 17.8. The number of piperazine rings is 1. The summed E-state index contributed by atoms with van der Waals surface area (Å²) in [6.45, 7) is 10.7. The zero-order valence-corrected chi connectivity index (χ0v) is 13.3. The first-order valence-corrected chi connectivity index (χ1v) is 7.16. The maximum absolute atomic E-state index is 11.9. The second-order valence-corrected chi connectivity index (χ2v) is 6.23. The Kier molecular flexibility index (Phi) is 6.34. The van der Waals surface area contributed by atoms with Crippen molar-refractivity contribution in [3.63, 3.8) is 0 Å². The van der Waals surface area contributed by atoms with Gasteiger partial charge in [0.05, 0.1) is 0 Å². The van der Waals surface area contributed by atoms with Gasteiger partial charge in [-0.15, -0.1) is 0 Å². The Labute approximate surface area is 130 Å². The van der Waals surface area contributed by atoms with Crippen molar-refractivity contribution >= 4 is 12.0 Å². The van der Waals surface area contributed by atoms with Crippen LogP contribution in [0.25, 0.3) is 0 Å². The Morgan fingerprint density at radius 3 is 2.27 bits per heavy atom. The fourth-order valence-corrected chi connectivity index (χ4v) is 2.05. The molecule has 1 aliphatic heterocycles. The van der Waals surface area contributed by atoms with E-state index in [1.807, 2.05) is 20.8 Å². The molecule has 22 heavy (non-hydrogen) atoms. The average molecular weight is 315 g/mol. The predicted molar refractivity (Wildman–Crippen MR) is 79.1 cm³/mol. The van der Waals surface area contributed by atoms with Crippen LogP contribution in [-0.4, -0.2) is 70.1 Å². The van der Waals surface area contributed by atoms with Crippen LogP contribution < -0.4 is 5.48 Å². The van der Waals surface area contributed by atoms with Crippen molar-refractivity contribution in [1.82, 2.24) is 15.3 Å².